The molecule has 0 aliphatic carbocycles. The Morgan fingerprint density at radius 1 is 1.35 bits per heavy atom. The Morgan fingerprint density at radius 3 is 2.69 bits per heavy atom. The molecule has 1 amide bonds. The van der Waals surface area contributed by atoms with Crippen LogP contribution in [0.2, 0.25) is 0 Å². The molecular formula is C20H41N5O. The number of aliphatic imine (C=N–C) groups is 1. The van der Waals surface area contributed by atoms with E-state index in [0.717, 1.165) is 51.5 Å². The van der Waals surface area contributed by atoms with Crippen LogP contribution in [-0.4, -0.2) is 74.0 Å². The number of guanidine groups is 1. The monoisotopic (exact) mass is 367 g/mol. The maximum absolute atomic E-state index is 12.3. The van der Waals surface area contributed by atoms with Crippen molar-refractivity contribution in [1.29, 1.82) is 0 Å². The predicted octanol–water partition coefficient (Wildman–Crippen LogP) is 2.31. The third-order valence-electron chi connectivity index (χ3n) is 5.25. The summed E-state index contributed by atoms with van der Waals surface area (Å²) < 4.78 is 0. The minimum absolute atomic E-state index is 0.256. The zero-order valence-corrected chi connectivity index (χ0v) is 17.7. The third kappa shape index (κ3) is 8.88. The van der Waals surface area contributed by atoms with Crippen LogP contribution >= 0.6 is 0 Å². The molecule has 2 N–H and O–H groups in total. The van der Waals surface area contributed by atoms with Crippen LogP contribution in [-0.2, 0) is 4.79 Å². The van der Waals surface area contributed by atoms with E-state index in [1.54, 1.807) is 7.05 Å². The first-order chi connectivity index (χ1) is 12.5. The van der Waals surface area contributed by atoms with Gasteiger partial charge < -0.3 is 20.4 Å². The van der Waals surface area contributed by atoms with Gasteiger partial charge in [0.2, 0.25) is 5.91 Å². The second-order valence-corrected chi connectivity index (χ2v) is 7.55. The van der Waals surface area contributed by atoms with Crippen molar-refractivity contribution < 1.29 is 4.79 Å². The normalized spacial score (nSPS) is 19.5. The van der Waals surface area contributed by atoms with Crippen LogP contribution in [0.3, 0.4) is 0 Å². The first-order valence-corrected chi connectivity index (χ1v) is 10.5. The van der Waals surface area contributed by atoms with E-state index in [0.29, 0.717) is 24.9 Å². The van der Waals surface area contributed by atoms with E-state index >= 15 is 0 Å². The second kappa shape index (κ2) is 13.0. The summed E-state index contributed by atoms with van der Waals surface area (Å²) >= 11 is 0. The highest BCUT2D eigenvalue weighted by Gasteiger charge is 2.20. The van der Waals surface area contributed by atoms with E-state index in [2.05, 4.69) is 48.2 Å². The molecule has 1 heterocycles. The first kappa shape index (κ1) is 22.7. The number of hydrogen-bond donors (Lipinski definition) is 2. The van der Waals surface area contributed by atoms with Crippen molar-refractivity contribution >= 4 is 11.9 Å². The van der Waals surface area contributed by atoms with Gasteiger partial charge in [-0.3, -0.25) is 9.79 Å². The van der Waals surface area contributed by atoms with Gasteiger partial charge in [-0.15, -0.1) is 0 Å². The zero-order valence-electron chi connectivity index (χ0n) is 17.7. The molecule has 6 heteroatoms. The van der Waals surface area contributed by atoms with Gasteiger partial charge in [0.25, 0.3) is 0 Å². The molecule has 26 heavy (non-hydrogen) atoms. The number of likely N-dealkylation sites (tertiary alicyclic amines) is 1. The first-order valence-electron chi connectivity index (χ1n) is 10.5. The highest BCUT2D eigenvalue weighted by Crippen LogP contribution is 2.15. The van der Waals surface area contributed by atoms with Crippen LogP contribution < -0.4 is 10.6 Å². The van der Waals surface area contributed by atoms with Crippen molar-refractivity contribution in [1.82, 2.24) is 20.4 Å². The topological polar surface area (TPSA) is 60.0 Å². The summed E-state index contributed by atoms with van der Waals surface area (Å²) in [5.74, 6) is 1.68. The fourth-order valence-electron chi connectivity index (χ4n) is 3.52. The maximum atomic E-state index is 12.3. The molecule has 2 unspecified atom stereocenters. The SMILES string of the molecule is CCN(CC)CCCC(C)NC(=NC)NCCC(=O)N1CCCC(C)C1. The molecular weight excluding hydrogens is 326 g/mol. The number of rotatable bonds is 10. The average molecular weight is 368 g/mol. The molecule has 1 saturated heterocycles. The summed E-state index contributed by atoms with van der Waals surface area (Å²) in [7, 11) is 1.78. The summed E-state index contributed by atoms with van der Waals surface area (Å²) in [5.41, 5.74) is 0. The Balaban J connectivity index is 2.22. The van der Waals surface area contributed by atoms with Crippen molar-refractivity contribution in [3.8, 4) is 0 Å². The highest BCUT2D eigenvalue weighted by molar-refractivity contribution is 5.81. The molecule has 0 aromatic heterocycles. The molecule has 0 aromatic rings. The summed E-state index contributed by atoms with van der Waals surface area (Å²) in [5, 5.41) is 6.72. The van der Waals surface area contributed by atoms with Gasteiger partial charge in [0.1, 0.15) is 0 Å². The summed E-state index contributed by atoms with van der Waals surface area (Å²) in [6, 6.07) is 0.371. The molecule has 0 aromatic carbocycles. The number of nitrogens with zero attached hydrogens (tertiary/aromatic N) is 3. The Bertz CT molecular complexity index is 422. The van der Waals surface area contributed by atoms with E-state index in [1.807, 2.05) is 4.90 Å². The smallest absolute Gasteiger partial charge is 0.224 e. The second-order valence-electron chi connectivity index (χ2n) is 7.55. The van der Waals surface area contributed by atoms with Crippen LogP contribution in [0.5, 0.6) is 0 Å². The van der Waals surface area contributed by atoms with Gasteiger partial charge in [-0.1, -0.05) is 20.8 Å². The Kier molecular flexibility index (Phi) is 11.3. The van der Waals surface area contributed by atoms with Gasteiger partial charge in [0.05, 0.1) is 0 Å². The molecule has 1 aliphatic rings. The van der Waals surface area contributed by atoms with E-state index in [1.165, 1.54) is 12.8 Å². The van der Waals surface area contributed by atoms with Gasteiger partial charge in [-0.25, -0.2) is 0 Å². The zero-order chi connectivity index (χ0) is 19.4. The maximum Gasteiger partial charge on any atom is 0.224 e. The minimum Gasteiger partial charge on any atom is -0.356 e. The quantitative estimate of drug-likeness (QED) is 0.459. The molecule has 0 saturated carbocycles. The lowest BCUT2D eigenvalue weighted by Crippen LogP contribution is -2.44. The van der Waals surface area contributed by atoms with Crippen LogP contribution in [0.1, 0.15) is 59.8 Å². The van der Waals surface area contributed by atoms with Gasteiger partial charge >= 0.3 is 0 Å². The summed E-state index contributed by atoms with van der Waals surface area (Å²) in [6.45, 7) is 14.7. The third-order valence-corrected chi connectivity index (χ3v) is 5.25. The highest BCUT2D eigenvalue weighted by atomic mass is 16.2. The number of hydrogen-bond acceptors (Lipinski definition) is 3. The van der Waals surface area contributed by atoms with Gasteiger partial charge in [-0.2, -0.15) is 0 Å². The molecule has 1 fully saturated rings. The Labute approximate surface area is 160 Å². The number of carbonyl (C=O) groups is 1. The van der Waals surface area contributed by atoms with Crippen molar-refractivity contribution in [2.45, 2.75) is 65.8 Å². The van der Waals surface area contributed by atoms with E-state index in [4.69, 9.17) is 0 Å². The van der Waals surface area contributed by atoms with Crippen LogP contribution in [0.25, 0.3) is 0 Å². The minimum atomic E-state index is 0.256. The van der Waals surface area contributed by atoms with E-state index in [-0.39, 0.29) is 5.91 Å². The van der Waals surface area contributed by atoms with Crippen molar-refractivity contribution in [3.05, 3.63) is 0 Å². The molecule has 0 radical (unpaired) electrons. The van der Waals surface area contributed by atoms with Crippen LogP contribution in [0, 0.1) is 5.92 Å². The Morgan fingerprint density at radius 2 is 2.08 bits per heavy atom. The van der Waals surface area contributed by atoms with Crippen molar-refractivity contribution in [3.63, 3.8) is 0 Å². The fourth-order valence-corrected chi connectivity index (χ4v) is 3.52. The molecule has 152 valence electrons. The average Bonchev–Trinajstić information content (AvgIpc) is 2.64. The standard InChI is InChI=1S/C20H41N5O/c1-6-24(7-2)14-9-11-18(4)23-20(21-5)22-13-12-19(26)25-15-8-10-17(3)16-25/h17-18H,6-16H2,1-5H3,(H2,21,22,23). The van der Waals surface area contributed by atoms with Gasteiger partial charge in [0.15, 0.2) is 5.96 Å². The van der Waals surface area contributed by atoms with Crippen molar-refractivity contribution in [2.24, 2.45) is 10.9 Å². The molecule has 0 bridgehead atoms. The van der Waals surface area contributed by atoms with Crippen LogP contribution in [0.4, 0.5) is 0 Å². The van der Waals surface area contributed by atoms with Crippen LogP contribution in [0.15, 0.2) is 4.99 Å². The number of amides is 1. The largest absolute Gasteiger partial charge is 0.356 e. The van der Waals surface area contributed by atoms with Crippen molar-refractivity contribution in [2.75, 3.05) is 46.3 Å². The molecule has 6 nitrogen and oxygen atoms in total. The van der Waals surface area contributed by atoms with Gasteiger partial charge in [0, 0.05) is 39.1 Å². The fraction of sp³-hybridized carbons (Fsp3) is 0.900. The number of piperidine rings is 1. The molecule has 0 spiro atoms. The van der Waals surface area contributed by atoms with E-state index < -0.39 is 0 Å². The summed E-state index contributed by atoms with van der Waals surface area (Å²) in [4.78, 5) is 21.1. The van der Waals surface area contributed by atoms with E-state index in [9.17, 15) is 4.79 Å². The number of carbonyl (C=O) groups excluding carboxylic acids is 1. The lowest BCUT2D eigenvalue weighted by Gasteiger charge is -2.31. The van der Waals surface area contributed by atoms with Gasteiger partial charge in [-0.05, 0) is 58.2 Å². The number of nitrogens with one attached hydrogen (secondary N) is 2. The Hall–Kier alpha value is -1.30. The molecule has 1 rings (SSSR count). The predicted molar refractivity (Wildman–Crippen MR) is 111 cm³/mol. The summed E-state index contributed by atoms with van der Waals surface area (Å²) in [6.07, 6.45) is 5.20. The lowest BCUT2D eigenvalue weighted by atomic mass is 10.00. The molecule has 1 aliphatic heterocycles. The molecule has 2 atom stereocenters. The lowest BCUT2D eigenvalue weighted by molar-refractivity contribution is -0.132.